The van der Waals surface area contributed by atoms with Crippen LogP contribution in [0, 0.1) is 11.8 Å². The number of carbonyl (C=O) groups is 1. The molecule has 25 heavy (non-hydrogen) atoms. The Labute approximate surface area is 147 Å². The number of aliphatic hydroxyl groups excluding tert-OH is 1. The largest absolute Gasteiger partial charge is 0.385 e. The fourth-order valence-corrected chi connectivity index (χ4v) is 3.37. The first-order chi connectivity index (χ1) is 12.0. The van der Waals surface area contributed by atoms with Crippen LogP contribution in [0.15, 0.2) is 23.0 Å². The lowest BCUT2D eigenvalue weighted by Gasteiger charge is -2.33. The molecule has 3 rings (SSSR count). The summed E-state index contributed by atoms with van der Waals surface area (Å²) in [5.41, 5.74) is 0.818. The average molecular weight is 346 g/mol. The van der Waals surface area contributed by atoms with Crippen molar-refractivity contribution in [2.24, 2.45) is 18.9 Å². The van der Waals surface area contributed by atoms with E-state index in [0.717, 1.165) is 25.0 Å². The van der Waals surface area contributed by atoms with Gasteiger partial charge in [-0.25, -0.2) is 4.98 Å². The maximum atomic E-state index is 12.6. The molecule has 1 N–H and O–H groups in total. The summed E-state index contributed by atoms with van der Waals surface area (Å²) in [6.07, 6.45) is 5.21. The van der Waals surface area contributed by atoms with Gasteiger partial charge in [-0.15, -0.1) is 0 Å². The van der Waals surface area contributed by atoms with E-state index in [0.29, 0.717) is 30.6 Å². The van der Waals surface area contributed by atoms with Gasteiger partial charge in [0.05, 0.1) is 5.69 Å². The van der Waals surface area contributed by atoms with E-state index in [1.165, 1.54) is 0 Å². The fourth-order valence-electron chi connectivity index (χ4n) is 3.37. The van der Waals surface area contributed by atoms with Crippen LogP contribution in [0.3, 0.4) is 0 Å². The number of amides is 1. The van der Waals surface area contributed by atoms with Crippen molar-refractivity contribution in [1.82, 2.24) is 19.6 Å². The minimum atomic E-state index is -0.597. The van der Waals surface area contributed by atoms with E-state index in [2.05, 4.69) is 24.0 Å². The highest BCUT2D eigenvalue weighted by atomic mass is 16.5. The Balaban J connectivity index is 1.57. The van der Waals surface area contributed by atoms with Gasteiger partial charge in [-0.2, -0.15) is 0 Å². The summed E-state index contributed by atoms with van der Waals surface area (Å²) in [6.45, 7) is 5.41. The third-order valence-corrected chi connectivity index (χ3v) is 4.78. The van der Waals surface area contributed by atoms with Crippen LogP contribution in [-0.4, -0.2) is 43.7 Å². The second-order valence-electron chi connectivity index (χ2n) is 7.25. The quantitative estimate of drug-likeness (QED) is 0.897. The molecule has 0 spiro atoms. The smallest absolute Gasteiger partial charge is 0.292 e. The molecule has 7 nitrogen and oxygen atoms in total. The minimum Gasteiger partial charge on any atom is -0.385 e. The number of rotatable bonds is 5. The van der Waals surface area contributed by atoms with Gasteiger partial charge < -0.3 is 19.1 Å². The lowest BCUT2D eigenvalue weighted by Crippen LogP contribution is -2.39. The number of aliphatic hydroxyl groups is 1. The number of aromatic nitrogens is 3. The average Bonchev–Trinajstić information content (AvgIpc) is 3.22. The highest BCUT2D eigenvalue weighted by Gasteiger charge is 2.31. The third-order valence-electron chi connectivity index (χ3n) is 4.78. The Bertz CT molecular complexity index is 713. The monoisotopic (exact) mass is 346 g/mol. The number of carbonyl (C=O) groups excluding carboxylic acids is 1. The van der Waals surface area contributed by atoms with Crippen LogP contribution in [0.5, 0.6) is 0 Å². The number of hydrogen-bond acceptors (Lipinski definition) is 5. The van der Waals surface area contributed by atoms with Crippen molar-refractivity contribution in [2.75, 3.05) is 13.1 Å². The standard InChI is InChI=1S/C18H26N4O3/c1-12(2)10-14-11-15(25-20-14)18(24)22-7-4-13(5-8-22)16(23)17-19-6-9-21(17)3/h6,9,11-13,16,23H,4-5,7-8,10H2,1-3H3/t16-/m1/s1. The zero-order valence-electron chi connectivity index (χ0n) is 15.1. The first-order valence-corrected chi connectivity index (χ1v) is 8.86. The van der Waals surface area contributed by atoms with E-state index in [9.17, 15) is 9.90 Å². The second-order valence-corrected chi connectivity index (χ2v) is 7.25. The molecule has 1 aliphatic heterocycles. The minimum absolute atomic E-state index is 0.108. The van der Waals surface area contributed by atoms with Crippen LogP contribution in [0.4, 0.5) is 0 Å². The van der Waals surface area contributed by atoms with Gasteiger partial charge in [-0.1, -0.05) is 19.0 Å². The molecule has 0 radical (unpaired) electrons. The van der Waals surface area contributed by atoms with Crippen molar-refractivity contribution in [2.45, 2.75) is 39.2 Å². The van der Waals surface area contributed by atoms with Crippen LogP contribution in [-0.2, 0) is 13.5 Å². The molecule has 0 unspecified atom stereocenters. The number of aryl methyl sites for hydroxylation is 1. The molecular formula is C18H26N4O3. The van der Waals surface area contributed by atoms with E-state index in [1.54, 1.807) is 17.2 Å². The molecule has 136 valence electrons. The SMILES string of the molecule is CC(C)Cc1cc(C(=O)N2CCC([C@@H](O)c3nccn3C)CC2)on1. The molecule has 0 saturated carbocycles. The second kappa shape index (κ2) is 7.39. The molecule has 1 fully saturated rings. The van der Waals surface area contributed by atoms with Crippen molar-refractivity contribution in [3.05, 3.63) is 35.7 Å². The molecule has 1 amide bonds. The van der Waals surface area contributed by atoms with Gasteiger partial charge in [-0.3, -0.25) is 4.79 Å². The fraction of sp³-hybridized carbons (Fsp3) is 0.611. The van der Waals surface area contributed by atoms with E-state index in [1.807, 2.05) is 17.8 Å². The lowest BCUT2D eigenvalue weighted by atomic mass is 9.90. The van der Waals surface area contributed by atoms with Gasteiger partial charge in [0.25, 0.3) is 5.91 Å². The van der Waals surface area contributed by atoms with Crippen molar-refractivity contribution < 1.29 is 14.4 Å². The van der Waals surface area contributed by atoms with Gasteiger partial charge in [0.15, 0.2) is 0 Å². The van der Waals surface area contributed by atoms with Crippen LogP contribution in [0.2, 0.25) is 0 Å². The van der Waals surface area contributed by atoms with E-state index in [-0.39, 0.29) is 11.8 Å². The van der Waals surface area contributed by atoms with Crippen molar-refractivity contribution in [3.8, 4) is 0 Å². The summed E-state index contributed by atoms with van der Waals surface area (Å²) >= 11 is 0. The topological polar surface area (TPSA) is 84.4 Å². The summed E-state index contributed by atoms with van der Waals surface area (Å²) in [6, 6.07) is 1.75. The summed E-state index contributed by atoms with van der Waals surface area (Å²) < 4.78 is 7.07. The van der Waals surface area contributed by atoms with Gasteiger partial charge in [-0.05, 0) is 31.1 Å². The van der Waals surface area contributed by atoms with Crippen molar-refractivity contribution >= 4 is 5.91 Å². The molecule has 7 heteroatoms. The Morgan fingerprint density at radius 1 is 1.40 bits per heavy atom. The predicted molar refractivity (Wildman–Crippen MR) is 91.8 cm³/mol. The maximum absolute atomic E-state index is 12.6. The van der Waals surface area contributed by atoms with Crippen LogP contribution in [0.25, 0.3) is 0 Å². The zero-order valence-corrected chi connectivity index (χ0v) is 15.1. The van der Waals surface area contributed by atoms with Crippen LogP contribution >= 0.6 is 0 Å². The zero-order chi connectivity index (χ0) is 18.0. The molecule has 0 bridgehead atoms. The highest BCUT2D eigenvalue weighted by molar-refractivity contribution is 5.91. The lowest BCUT2D eigenvalue weighted by molar-refractivity contribution is 0.0398. The maximum Gasteiger partial charge on any atom is 0.292 e. The normalized spacial score (nSPS) is 17.2. The first-order valence-electron chi connectivity index (χ1n) is 8.86. The van der Waals surface area contributed by atoms with Crippen LogP contribution in [0.1, 0.15) is 54.9 Å². The van der Waals surface area contributed by atoms with Crippen molar-refractivity contribution in [3.63, 3.8) is 0 Å². The molecule has 0 aromatic carbocycles. The molecular weight excluding hydrogens is 320 g/mol. The summed E-state index contributed by atoms with van der Waals surface area (Å²) in [4.78, 5) is 18.6. The van der Waals surface area contributed by atoms with Gasteiger partial charge in [0, 0.05) is 38.6 Å². The Morgan fingerprint density at radius 2 is 2.12 bits per heavy atom. The van der Waals surface area contributed by atoms with Gasteiger partial charge in [0.2, 0.25) is 5.76 Å². The van der Waals surface area contributed by atoms with E-state index >= 15 is 0 Å². The Hall–Kier alpha value is -2.15. The molecule has 1 atom stereocenters. The molecule has 3 heterocycles. The van der Waals surface area contributed by atoms with Crippen LogP contribution < -0.4 is 0 Å². The third kappa shape index (κ3) is 3.92. The summed E-state index contributed by atoms with van der Waals surface area (Å²) in [5, 5.41) is 14.5. The van der Waals surface area contributed by atoms with Gasteiger partial charge >= 0.3 is 0 Å². The number of imidazole rings is 1. The number of likely N-dealkylation sites (tertiary alicyclic amines) is 1. The Morgan fingerprint density at radius 3 is 2.72 bits per heavy atom. The highest BCUT2D eigenvalue weighted by Crippen LogP contribution is 2.30. The number of hydrogen-bond donors (Lipinski definition) is 1. The first kappa shape index (κ1) is 17.7. The molecule has 1 saturated heterocycles. The molecule has 0 aliphatic carbocycles. The van der Waals surface area contributed by atoms with E-state index in [4.69, 9.17) is 4.52 Å². The van der Waals surface area contributed by atoms with Crippen molar-refractivity contribution in [1.29, 1.82) is 0 Å². The predicted octanol–water partition coefficient (Wildman–Crippen LogP) is 2.19. The number of piperidine rings is 1. The molecule has 1 aliphatic rings. The Kier molecular flexibility index (Phi) is 5.22. The summed E-state index contributed by atoms with van der Waals surface area (Å²) in [5.74, 6) is 1.44. The van der Waals surface area contributed by atoms with E-state index < -0.39 is 6.10 Å². The summed E-state index contributed by atoms with van der Waals surface area (Å²) in [7, 11) is 1.88. The molecule has 2 aromatic rings. The number of nitrogens with zero attached hydrogens (tertiary/aromatic N) is 4. The van der Waals surface area contributed by atoms with Gasteiger partial charge in [0.1, 0.15) is 11.9 Å². The molecule has 2 aromatic heterocycles.